The first-order chi connectivity index (χ1) is 9.11. The lowest BCUT2D eigenvalue weighted by Crippen LogP contribution is -2.37. The Morgan fingerprint density at radius 1 is 1.47 bits per heavy atom. The molecule has 4 heteroatoms. The van der Waals surface area contributed by atoms with Crippen LogP contribution in [0.2, 0.25) is 0 Å². The lowest BCUT2D eigenvalue weighted by Gasteiger charge is -2.19. The molecule has 19 heavy (non-hydrogen) atoms. The highest BCUT2D eigenvalue weighted by molar-refractivity contribution is 5.81. The van der Waals surface area contributed by atoms with Gasteiger partial charge in [0.1, 0.15) is 5.75 Å². The van der Waals surface area contributed by atoms with Crippen LogP contribution in [0.1, 0.15) is 44.7 Å². The molecule has 0 aliphatic heterocycles. The third kappa shape index (κ3) is 3.70. The predicted molar refractivity (Wildman–Crippen MR) is 74.9 cm³/mol. The van der Waals surface area contributed by atoms with Gasteiger partial charge in [-0.25, -0.2) is 0 Å². The number of nitrogens with two attached hydrogens (primary N) is 1. The average molecular weight is 262 g/mol. The number of hydrogen-bond acceptors (Lipinski definition) is 3. The Labute approximate surface area is 114 Å². The summed E-state index contributed by atoms with van der Waals surface area (Å²) in [6, 6.07) is 7.95. The summed E-state index contributed by atoms with van der Waals surface area (Å²) in [5, 5.41) is 2.94. The van der Waals surface area contributed by atoms with Crippen LogP contribution in [-0.4, -0.2) is 18.1 Å². The standard InChI is InChI=1S/C15H22N2O2/c1-3-13(16)12-6-4-5-7-14(12)19-10(2)15(18)17-11-8-9-11/h4-7,10-11,13H,3,8-9,16H2,1-2H3,(H,17,18). The first-order valence-electron chi connectivity index (χ1n) is 6.93. The highest BCUT2D eigenvalue weighted by atomic mass is 16.5. The smallest absolute Gasteiger partial charge is 0.260 e. The zero-order chi connectivity index (χ0) is 13.8. The summed E-state index contributed by atoms with van der Waals surface area (Å²) in [5.74, 6) is 0.651. The zero-order valence-corrected chi connectivity index (χ0v) is 11.6. The van der Waals surface area contributed by atoms with Gasteiger partial charge in [-0.3, -0.25) is 4.79 Å². The Morgan fingerprint density at radius 2 is 2.16 bits per heavy atom. The van der Waals surface area contributed by atoms with Crippen molar-refractivity contribution in [2.45, 2.75) is 51.3 Å². The molecule has 0 spiro atoms. The Balaban J connectivity index is 2.02. The maximum absolute atomic E-state index is 11.9. The number of carbonyl (C=O) groups excluding carboxylic acids is 1. The van der Waals surface area contributed by atoms with E-state index in [-0.39, 0.29) is 11.9 Å². The van der Waals surface area contributed by atoms with Crippen molar-refractivity contribution in [3.05, 3.63) is 29.8 Å². The summed E-state index contributed by atoms with van der Waals surface area (Å²) in [4.78, 5) is 11.9. The van der Waals surface area contributed by atoms with E-state index in [1.54, 1.807) is 6.92 Å². The molecule has 3 N–H and O–H groups in total. The maximum atomic E-state index is 11.9. The van der Waals surface area contributed by atoms with E-state index in [1.165, 1.54) is 0 Å². The molecule has 1 aliphatic rings. The molecule has 0 heterocycles. The summed E-state index contributed by atoms with van der Waals surface area (Å²) in [6.07, 6.45) is 2.50. The fourth-order valence-electron chi connectivity index (χ4n) is 1.90. The number of carbonyl (C=O) groups is 1. The molecule has 1 amide bonds. The Morgan fingerprint density at radius 3 is 2.79 bits per heavy atom. The van der Waals surface area contributed by atoms with Gasteiger partial charge in [-0.2, -0.15) is 0 Å². The second kappa shape index (κ2) is 6.06. The number of benzene rings is 1. The zero-order valence-electron chi connectivity index (χ0n) is 11.6. The van der Waals surface area contributed by atoms with Crippen molar-refractivity contribution >= 4 is 5.91 Å². The second-order valence-corrected chi connectivity index (χ2v) is 5.10. The molecule has 0 saturated heterocycles. The first-order valence-corrected chi connectivity index (χ1v) is 6.93. The van der Waals surface area contributed by atoms with E-state index < -0.39 is 6.10 Å². The van der Waals surface area contributed by atoms with Crippen molar-refractivity contribution in [3.8, 4) is 5.75 Å². The second-order valence-electron chi connectivity index (χ2n) is 5.10. The van der Waals surface area contributed by atoms with Gasteiger partial charge in [-0.15, -0.1) is 0 Å². The van der Waals surface area contributed by atoms with E-state index >= 15 is 0 Å². The quantitative estimate of drug-likeness (QED) is 0.825. The van der Waals surface area contributed by atoms with Crippen molar-refractivity contribution in [3.63, 3.8) is 0 Å². The van der Waals surface area contributed by atoms with Crippen LogP contribution in [0.15, 0.2) is 24.3 Å². The molecule has 2 unspecified atom stereocenters. The largest absolute Gasteiger partial charge is 0.481 e. The SMILES string of the molecule is CCC(N)c1ccccc1OC(C)C(=O)NC1CC1. The molecule has 104 valence electrons. The average Bonchev–Trinajstić information content (AvgIpc) is 3.22. The number of amides is 1. The lowest BCUT2D eigenvalue weighted by atomic mass is 10.0. The van der Waals surface area contributed by atoms with Gasteiger partial charge in [0, 0.05) is 17.6 Å². The van der Waals surface area contributed by atoms with Crippen LogP contribution in [0.4, 0.5) is 0 Å². The minimum atomic E-state index is -0.495. The van der Waals surface area contributed by atoms with Crippen LogP contribution in [0.3, 0.4) is 0 Å². The van der Waals surface area contributed by atoms with E-state index in [0.29, 0.717) is 11.8 Å². The molecular formula is C15H22N2O2. The molecule has 1 aromatic rings. The van der Waals surface area contributed by atoms with E-state index in [9.17, 15) is 4.79 Å². The molecule has 0 radical (unpaired) electrons. The van der Waals surface area contributed by atoms with Crippen LogP contribution in [0.25, 0.3) is 0 Å². The number of para-hydroxylation sites is 1. The highest BCUT2D eigenvalue weighted by Gasteiger charge is 2.26. The van der Waals surface area contributed by atoms with Gasteiger partial charge >= 0.3 is 0 Å². The molecule has 0 bridgehead atoms. The van der Waals surface area contributed by atoms with E-state index in [1.807, 2.05) is 31.2 Å². The molecule has 1 aliphatic carbocycles. The summed E-state index contributed by atoms with van der Waals surface area (Å²) in [5.41, 5.74) is 7.01. The topological polar surface area (TPSA) is 64.3 Å². The van der Waals surface area contributed by atoms with Gasteiger partial charge in [0.15, 0.2) is 6.10 Å². The number of rotatable bonds is 6. The molecule has 2 atom stereocenters. The van der Waals surface area contributed by atoms with E-state index in [4.69, 9.17) is 10.5 Å². The van der Waals surface area contributed by atoms with Crippen LogP contribution in [-0.2, 0) is 4.79 Å². The Hall–Kier alpha value is -1.55. The van der Waals surface area contributed by atoms with Gasteiger partial charge in [0.25, 0.3) is 5.91 Å². The lowest BCUT2D eigenvalue weighted by molar-refractivity contribution is -0.127. The number of nitrogens with one attached hydrogen (secondary N) is 1. The Bertz CT molecular complexity index is 444. The summed E-state index contributed by atoms with van der Waals surface area (Å²) >= 11 is 0. The summed E-state index contributed by atoms with van der Waals surface area (Å²) in [6.45, 7) is 3.80. The predicted octanol–water partition coefficient (Wildman–Crippen LogP) is 2.14. The van der Waals surface area contributed by atoms with E-state index in [0.717, 1.165) is 24.8 Å². The van der Waals surface area contributed by atoms with Gasteiger partial charge in [0.05, 0.1) is 0 Å². The number of ether oxygens (including phenoxy) is 1. The van der Waals surface area contributed by atoms with Crippen LogP contribution in [0.5, 0.6) is 5.75 Å². The van der Waals surface area contributed by atoms with Crippen molar-refractivity contribution in [1.29, 1.82) is 0 Å². The summed E-state index contributed by atoms with van der Waals surface area (Å²) in [7, 11) is 0. The van der Waals surface area contributed by atoms with Crippen LogP contribution >= 0.6 is 0 Å². The fourth-order valence-corrected chi connectivity index (χ4v) is 1.90. The molecular weight excluding hydrogens is 240 g/mol. The molecule has 0 aromatic heterocycles. The Kier molecular flexibility index (Phi) is 4.43. The molecule has 1 fully saturated rings. The van der Waals surface area contributed by atoms with Crippen LogP contribution < -0.4 is 15.8 Å². The molecule has 1 saturated carbocycles. The third-order valence-electron chi connectivity index (χ3n) is 3.36. The fraction of sp³-hybridized carbons (Fsp3) is 0.533. The molecule has 1 aromatic carbocycles. The van der Waals surface area contributed by atoms with Gasteiger partial charge in [-0.05, 0) is 32.3 Å². The maximum Gasteiger partial charge on any atom is 0.260 e. The monoisotopic (exact) mass is 262 g/mol. The van der Waals surface area contributed by atoms with Crippen molar-refractivity contribution in [2.24, 2.45) is 5.73 Å². The van der Waals surface area contributed by atoms with Crippen molar-refractivity contribution < 1.29 is 9.53 Å². The first kappa shape index (κ1) is 13.9. The number of hydrogen-bond donors (Lipinski definition) is 2. The molecule has 2 rings (SSSR count). The van der Waals surface area contributed by atoms with Gasteiger partial charge < -0.3 is 15.8 Å². The van der Waals surface area contributed by atoms with Gasteiger partial charge in [-0.1, -0.05) is 25.1 Å². The third-order valence-corrected chi connectivity index (χ3v) is 3.36. The van der Waals surface area contributed by atoms with Crippen molar-refractivity contribution in [1.82, 2.24) is 5.32 Å². The minimum absolute atomic E-state index is 0.0534. The van der Waals surface area contributed by atoms with E-state index in [2.05, 4.69) is 5.32 Å². The normalized spacial score (nSPS) is 17.6. The summed E-state index contributed by atoms with van der Waals surface area (Å²) < 4.78 is 5.77. The van der Waals surface area contributed by atoms with Crippen molar-refractivity contribution in [2.75, 3.05) is 0 Å². The minimum Gasteiger partial charge on any atom is -0.481 e. The van der Waals surface area contributed by atoms with Gasteiger partial charge in [0.2, 0.25) is 0 Å². The molecule has 4 nitrogen and oxygen atoms in total. The highest BCUT2D eigenvalue weighted by Crippen LogP contribution is 2.26. The van der Waals surface area contributed by atoms with Crippen LogP contribution in [0, 0.1) is 0 Å².